The Morgan fingerprint density at radius 2 is 0.517 bits per heavy atom. The van der Waals surface area contributed by atoms with Crippen molar-refractivity contribution in [3.05, 3.63) is 274 Å². The van der Waals surface area contributed by atoms with E-state index < -0.39 is 0 Å². The molecule has 8 aromatic carbocycles. The van der Waals surface area contributed by atoms with Crippen LogP contribution >= 0.6 is 0 Å². The highest BCUT2D eigenvalue weighted by Crippen LogP contribution is 2.39. The lowest BCUT2D eigenvalue weighted by atomic mass is 9.85. The molecule has 4 N–H and O–H groups in total. The SMILES string of the molecule is Oc1ccc(C(=C(c2ccccc2)c2ccccc2)c2ccccc2)cc1CNCCNCc1cc(C(=C(c2ccccc2)c2ccccc2)c2ccccc2)ccc1O. The van der Waals surface area contributed by atoms with E-state index in [4.69, 9.17) is 0 Å². The number of phenolic OH excluding ortho intramolecular Hbond substituents is 2. The zero-order chi connectivity index (χ0) is 40.9. The van der Waals surface area contributed by atoms with Gasteiger partial charge in [-0.05, 0) is 91.1 Å². The van der Waals surface area contributed by atoms with Gasteiger partial charge in [-0.2, -0.15) is 0 Å². The van der Waals surface area contributed by atoms with E-state index in [9.17, 15) is 10.2 Å². The fourth-order valence-corrected chi connectivity index (χ4v) is 7.84. The van der Waals surface area contributed by atoms with E-state index in [1.54, 1.807) is 12.1 Å². The van der Waals surface area contributed by atoms with E-state index in [1.165, 1.54) is 0 Å². The van der Waals surface area contributed by atoms with Crippen LogP contribution in [-0.2, 0) is 13.1 Å². The predicted molar refractivity (Wildman–Crippen MR) is 248 cm³/mol. The van der Waals surface area contributed by atoms with Gasteiger partial charge in [0.05, 0.1) is 0 Å². The van der Waals surface area contributed by atoms with E-state index in [0.717, 1.165) is 77.9 Å². The summed E-state index contributed by atoms with van der Waals surface area (Å²) >= 11 is 0. The Hall–Kier alpha value is -7.24. The first kappa shape index (κ1) is 39.6. The smallest absolute Gasteiger partial charge is 0.120 e. The van der Waals surface area contributed by atoms with E-state index >= 15 is 0 Å². The Morgan fingerprint density at radius 3 is 0.767 bits per heavy atom. The van der Waals surface area contributed by atoms with Gasteiger partial charge >= 0.3 is 0 Å². The summed E-state index contributed by atoms with van der Waals surface area (Å²) in [6.45, 7) is 2.30. The number of aromatic hydroxyl groups is 2. The zero-order valence-corrected chi connectivity index (χ0v) is 33.5. The van der Waals surface area contributed by atoms with Crippen molar-refractivity contribution in [3.63, 3.8) is 0 Å². The lowest BCUT2D eigenvalue weighted by Crippen LogP contribution is -2.26. The minimum Gasteiger partial charge on any atom is -0.508 e. The van der Waals surface area contributed by atoms with Crippen LogP contribution in [0.25, 0.3) is 22.3 Å². The van der Waals surface area contributed by atoms with Gasteiger partial charge in [-0.1, -0.05) is 194 Å². The molecule has 8 rings (SSSR count). The number of benzene rings is 8. The van der Waals surface area contributed by atoms with Gasteiger partial charge in [-0.25, -0.2) is 0 Å². The first-order chi connectivity index (χ1) is 29.6. The zero-order valence-electron chi connectivity index (χ0n) is 33.5. The van der Waals surface area contributed by atoms with Gasteiger partial charge in [0.15, 0.2) is 0 Å². The molecule has 0 bridgehead atoms. The van der Waals surface area contributed by atoms with Crippen LogP contribution in [0.2, 0.25) is 0 Å². The second kappa shape index (κ2) is 19.5. The molecule has 0 saturated carbocycles. The molecule has 0 unspecified atom stereocenters. The van der Waals surface area contributed by atoms with E-state index in [2.05, 4.69) is 168 Å². The van der Waals surface area contributed by atoms with Crippen LogP contribution in [0.1, 0.15) is 55.6 Å². The third-order valence-electron chi connectivity index (χ3n) is 10.7. The maximum atomic E-state index is 11.1. The molecule has 0 saturated heterocycles. The van der Waals surface area contributed by atoms with Gasteiger partial charge in [0.25, 0.3) is 0 Å². The molecular weight excluding hydrogens is 733 g/mol. The highest BCUT2D eigenvalue weighted by molar-refractivity contribution is 6.05. The Balaban J connectivity index is 1.02. The lowest BCUT2D eigenvalue weighted by molar-refractivity contribution is 0.460. The van der Waals surface area contributed by atoms with Crippen LogP contribution in [0.5, 0.6) is 11.5 Å². The van der Waals surface area contributed by atoms with E-state index in [0.29, 0.717) is 26.2 Å². The highest BCUT2D eigenvalue weighted by atomic mass is 16.3. The van der Waals surface area contributed by atoms with Crippen molar-refractivity contribution in [3.8, 4) is 11.5 Å². The van der Waals surface area contributed by atoms with Crippen molar-refractivity contribution in [1.82, 2.24) is 10.6 Å². The number of phenols is 2. The van der Waals surface area contributed by atoms with E-state index in [-0.39, 0.29) is 11.5 Å². The minimum absolute atomic E-state index is 0.252. The van der Waals surface area contributed by atoms with E-state index in [1.807, 2.05) is 48.5 Å². The highest BCUT2D eigenvalue weighted by Gasteiger charge is 2.19. The van der Waals surface area contributed by atoms with Crippen LogP contribution in [-0.4, -0.2) is 23.3 Å². The summed E-state index contributed by atoms with van der Waals surface area (Å²) in [6.07, 6.45) is 0. The second-order valence-corrected chi connectivity index (χ2v) is 14.7. The van der Waals surface area contributed by atoms with Gasteiger partial charge in [0.1, 0.15) is 11.5 Å². The number of hydrogen-bond donors (Lipinski definition) is 4. The topological polar surface area (TPSA) is 64.5 Å². The molecule has 0 heterocycles. The molecule has 0 fully saturated rings. The molecule has 0 aliphatic carbocycles. The average molecular weight is 781 g/mol. The maximum Gasteiger partial charge on any atom is 0.120 e. The van der Waals surface area contributed by atoms with Crippen molar-refractivity contribution in [2.45, 2.75) is 13.1 Å². The van der Waals surface area contributed by atoms with Crippen molar-refractivity contribution in [2.24, 2.45) is 0 Å². The minimum atomic E-state index is 0.252. The molecule has 4 heteroatoms. The van der Waals surface area contributed by atoms with Crippen LogP contribution in [0.15, 0.2) is 218 Å². The summed E-state index contributed by atoms with van der Waals surface area (Å²) in [5.74, 6) is 0.504. The third kappa shape index (κ3) is 9.38. The van der Waals surface area contributed by atoms with Gasteiger partial charge in [-0.3, -0.25) is 0 Å². The van der Waals surface area contributed by atoms with Crippen molar-refractivity contribution in [2.75, 3.05) is 13.1 Å². The first-order valence-corrected chi connectivity index (χ1v) is 20.5. The molecule has 4 nitrogen and oxygen atoms in total. The second-order valence-electron chi connectivity index (χ2n) is 14.7. The van der Waals surface area contributed by atoms with Crippen molar-refractivity contribution < 1.29 is 10.2 Å². The van der Waals surface area contributed by atoms with Crippen LogP contribution in [0.3, 0.4) is 0 Å². The summed E-state index contributed by atoms with van der Waals surface area (Å²) in [5.41, 5.74) is 14.8. The molecule has 8 aromatic rings. The fourth-order valence-electron chi connectivity index (χ4n) is 7.84. The summed E-state index contributed by atoms with van der Waals surface area (Å²) in [7, 11) is 0. The molecule has 0 aliphatic heterocycles. The third-order valence-corrected chi connectivity index (χ3v) is 10.7. The van der Waals surface area contributed by atoms with Crippen molar-refractivity contribution >= 4 is 22.3 Å². The Kier molecular flexibility index (Phi) is 12.8. The molecule has 0 radical (unpaired) electrons. The van der Waals surface area contributed by atoms with Crippen LogP contribution in [0, 0.1) is 0 Å². The summed E-state index contributed by atoms with van der Waals surface area (Å²) in [4.78, 5) is 0. The Labute approximate surface area is 353 Å². The summed E-state index contributed by atoms with van der Waals surface area (Å²) < 4.78 is 0. The van der Waals surface area contributed by atoms with Gasteiger partial charge in [0, 0.05) is 37.3 Å². The first-order valence-electron chi connectivity index (χ1n) is 20.5. The largest absolute Gasteiger partial charge is 0.508 e. The molecule has 0 aromatic heterocycles. The standard InChI is InChI=1S/C56H48N2O2/c59-51-33-31-47(55(45-27-15-5-16-28-45)53(41-19-7-1-8-20-41)42-21-9-2-10-22-42)37-49(51)39-57-35-36-58-40-50-38-48(32-34-52(50)60)56(46-29-17-6-18-30-46)54(43-23-11-3-12-24-43)44-25-13-4-14-26-44/h1-34,37-38,57-60H,35-36,39-40H2. The molecular formula is C56H48N2O2. The molecule has 0 atom stereocenters. The van der Waals surface area contributed by atoms with Crippen LogP contribution < -0.4 is 10.6 Å². The summed E-state index contributed by atoms with van der Waals surface area (Å²) in [6, 6.07) is 74.8. The van der Waals surface area contributed by atoms with Gasteiger partial charge in [-0.15, -0.1) is 0 Å². The number of nitrogens with one attached hydrogen (secondary N) is 2. The van der Waals surface area contributed by atoms with Crippen molar-refractivity contribution in [1.29, 1.82) is 0 Å². The molecule has 0 spiro atoms. The van der Waals surface area contributed by atoms with Gasteiger partial charge in [0.2, 0.25) is 0 Å². The molecule has 60 heavy (non-hydrogen) atoms. The molecule has 0 aliphatic rings. The molecule has 0 amide bonds. The maximum absolute atomic E-state index is 11.1. The number of rotatable bonds is 15. The summed E-state index contributed by atoms with van der Waals surface area (Å²) in [5, 5.41) is 29.2. The quantitative estimate of drug-likeness (QED) is 0.0618. The monoisotopic (exact) mass is 780 g/mol. The average Bonchev–Trinajstić information content (AvgIpc) is 3.31. The van der Waals surface area contributed by atoms with Crippen LogP contribution in [0.4, 0.5) is 0 Å². The van der Waals surface area contributed by atoms with Gasteiger partial charge < -0.3 is 20.8 Å². The molecule has 294 valence electrons. The Morgan fingerprint density at radius 1 is 0.283 bits per heavy atom. The Bertz CT molecular complexity index is 2410. The normalized spacial score (nSPS) is 10.9. The fraction of sp³-hybridized carbons (Fsp3) is 0.0714. The predicted octanol–water partition coefficient (Wildman–Crippen LogP) is 12.0. The number of hydrogen-bond acceptors (Lipinski definition) is 4. The lowest BCUT2D eigenvalue weighted by Gasteiger charge is -2.19.